The Morgan fingerprint density at radius 3 is 2.27 bits per heavy atom. The molecule has 3 amide bonds. The number of nitrogens with zero attached hydrogens (tertiary/aromatic N) is 2. The minimum Gasteiger partial charge on any atom is -0.493 e. The molecule has 0 aliphatic carbocycles. The minimum atomic E-state index is -3.04. The molecule has 0 bridgehead atoms. The van der Waals surface area contributed by atoms with E-state index >= 15 is 0 Å². The number of hydrogen-bond acceptors (Lipinski definition) is 6. The van der Waals surface area contributed by atoms with Crippen LogP contribution in [0.4, 0.5) is 19.3 Å². The first kappa shape index (κ1) is 23.8. The number of halogens is 2. The minimum absolute atomic E-state index is 0.0173. The van der Waals surface area contributed by atoms with E-state index in [0.29, 0.717) is 31.9 Å². The van der Waals surface area contributed by atoms with Gasteiger partial charge in [0.15, 0.2) is 18.1 Å². The lowest BCUT2D eigenvalue weighted by molar-refractivity contribution is -0.135. The summed E-state index contributed by atoms with van der Waals surface area (Å²) in [5.41, 5.74) is 0.696. The molecule has 0 atom stereocenters. The highest BCUT2D eigenvalue weighted by atomic mass is 19.3. The summed E-state index contributed by atoms with van der Waals surface area (Å²) >= 11 is 0. The van der Waals surface area contributed by atoms with Crippen LogP contribution in [0.2, 0.25) is 0 Å². The van der Waals surface area contributed by atoms with E-state index in [0.717, 1.165) is 6.07 Å². The van der Waals surface area contributed by atoms with Gasteiger partial charge in [-0.1, -0.05) is 18.2 Å². The number of anilines is 1. The van der Waals surface area contributed by atoms with Crippen molar-refractivity contribution in [3.63, 3.8) is 0 Å². The number of piperazine rings is 1. The summed E-state index contributed by atoms with van der Waals surface area (Å²) in [6.45, 7) is -2.27. The second-order valence-corrected chi connectivity index (χ2v) is 6.98. The molecule has 1 N–H and O–H groups in total. The number of esters is 1. The van der Waals surface area contributed by atoms with E-state index in [1.54, 1.807) is 17.0 Å². The highest BCUT2D eigenvalue weighted by molar-refractivity contribution is 5.92. The van der Waals surface area contributed by atoms with Gasteiger partial charge in [0.25, 0.3) is 5.91 Å². The van der Waals surface area contributed by atoms with Crippen molar-refractivity contribution in [2.24, 2.45) is 0 Å². The Kier molecular flexibility index (Phi) is 8.01. The molecule has 9 nitrogen and oxygen atoms in total. The Morgan fingerprint density at radius 2 is 1.64 bits per heavy atom. The van der Waals surface area contributed by atoms with Gasteiger partial charge in [-0.25, -0.2) is 9.59 Å². The zero-order valence-electron chi connectivity index (χ0n) is 17.8. The van der Waals surface area contributed by atoms with Crippen LogP contribution in [0.5, 0.6) is 11.5 Å². The average Bonchev–Trinajstić information content (AvgIpc) is 2.83. The fourth-order valence-corrected chi connectivity index (χ4v) is 3.17. The van der Waals surface area contributed by atoms with Crippen molar-refractivity contribution < 1.29 is 37.4 Å². The topological polar surface area (TPSA) is 97.4 Å². The number of para-hydroxylation sites is 1. The summed E-state index contributed by atoms with van der Waals surface area (Å²) in [5, 5.41) is 2.79. The molecule has 0 aromatic heterocycles. The third kappa shape index (κ3) is 6.55. The largest absolute Gasteiger partial charge is 0.493 e. The Bertz CT molecular complexity index is 981. The first-order valence-corrected chi connectivity index (χ1v) is 10.1. The molecule has 176 valence electrons. The number of carbonyl (C=O) groups is 3. The van der Waals surface area contributed by atoms with Gasteiger partial charge in [0.2, 0.25) is 0 Å². The van der Waals surface area contributed by atoms with Crippen LogP contribution in [0.1, 0.15) is 10.4 Å². The molecule has 0 radical (unpaired) electrons. The van der Waals surface area contributed by atoms with Crippen molar-refractivity contribution in [3.05, 3.63) is 54.1 Å². The van der Waals surface area contributed by atoms with E-state index in [9.17, 15) is 23.2 Å². The van der Waals surface area contributed by atoms with Crippen LogP contribution in [0.25, 0.3) is 0 Å². The zero-order valence-corrected chi connectivity index (χ0v) is 17.8. The van der Waals surface area contributed by atoms with Crippen molar-refractivity contribution >= 4 is 23.6 Å². The summed E-state index contributed by atoms with van der Waals surface area (Å²) in [4.78, 5) is 40.1. The zero-order chi connectivity index (χ0) is 23.8. The average molecular weight is 463 g/mol. The molecule has 0 saturated carbocycles. The number of methoxy groups -OCH3 is 1. The number of ether oxygens (including phenoxy) is 3. The molecule has 1 fully saturated rings. The first-order valence-electron chi connectivity index (χ1n) is 10.1. The molecule has 0 spiro atoms. The third-order valence-corrected chi connectivity index (χ3v) is 4.89. The molecule has 3 rings (SSSR count). The van der Waals surface area contributed by atoms with Gasteiger partial charge in [-0.3, -0.25) is 4.79 Å². The van der Waals surface area contributed by atoms with E-state index in [4.69, 9.17) is 9.47 Å². The lowest BCUT2D eigenvalue weighted by atomic mass is 10.2. The molecule has 11 heteroatoms. The van der Waals surface area contributed by atoms with Gasteiger partial charge >= 0.3 is 18.6 Å². The lowest BCUT2D eigenvalue weighted by Gasteiger charge is -2.34. The Morgan fingerprint density at radius 1 is 0.970 bits per heavy atom. The standard InChI is InChI=1S/C22H23F2N3O6/c1-31-18-13-15(7-8-17(18)33-21(23)24)20(29)32-14-19(28)26-9-11-27(12-10-26)22(30)25-16-5-3-2-4-6-16/h2-8,13,21H,9-12,14H2,1H3,(H,25,30). The fraction of sp³-hybridized carbons (Fsp3) is 0.318. The number of amides is 3. The molecule has 1 aliphatic heterocycles. The highest BCUT2D eigenvalue weighted by Crippen LogP contribution is 2.29. The predicted octanol–water partition coefficient (Wildman–Crippen LogP) is 2.83. The van der Waals surface area contributed by atoms with Gasteiger partial charge < -0.3 is 29.3 Å². The smallest absolute Gasteiger partial charge is 0.387 e. The molecule has 2 aromatic rings. The van der Waals surface area contributed by atoms with Crippen molar-refractivity contribution in [1.29, 1.82) is 0 Å². The Hall–Kier alpha value is -3.89. The third-order valence-electron chi connectivity index (χ3n) is 4.89. The summed E-state index contributed by atoms with van der Waals surface area (Å²) in [6.07, 6.45) is 0. The maximum atomic E-state index is 12.4. The SMILES string of the molecule is COc1cc(C(=O)OCC(=O)N2CCN(C(=O)Nc3ccccc3)CC2)ccc1OC(F)F. The number of nitrogens with one attached hydrogen (secondary N) is 1. The normalized spacial score (nSPS) is 13.5. The van der Waals surface area contributed by atoms with Crippen LogP contribution in [0.15, 0.2) is 48.5 Å². The van der Waals surface area contributed by atoms with Crippen molar-refractivity contribution in [2.45, 2.75) is 6.61 Å². The van der Waals surface area contributed by atoms with Crippen LogP contribution >= 0.6 is 0 Å². The molecular weight excluding hydrogens is 440 g/mol. The Balaban J connectivity index is 1.46. The van der Waals surface area contributed by atoms with Gasteiger partial charge in [-0.15, -0.1) is 0 Å². The van der Waals surface area contributed by atoms with E-state index in [1.165, 1.54) is 24.1 Å². The summed E-state index contributed by atoms with van der Waals surface area (Å²) in [6, 6.07) is 12.4. The lowest BCUT2D eigenvalue weighted by Crippen LogP contribution is -2.52. The van der Waals surface area contributed by atoms with Crippen LogP contribution in [-0.2, 0) is 9.53 Å². The van der Waals surface area contributed by atoms with Gasteiger partial charge in [-0.2, -0.15) is 8.78 Å². The molecule has 2 aromatic carbocycles. The number of urea groups is 1. The number of alkyl halides is 2. The van der Waals surface area contributed by atoms with E-state index in [2.05, 4.69) is 10.1 Å². The predicted molar refractivity (Wildman–Crippen MR) is 114 cm³/mol. The van der Waals surface area contributed by atoms with Crippen LogP contribution in [0.3, 0.4) is 0 Å². The van der Waals surface area contributed by atoms with E-state index in [-0.39, 0.29) is 23.1 Å². The molecule has 1 aliphatic rings. The molecule has 1 heterocycles. The fourth-order valence-electron chi connectivity index (χ4n) is 3.17. The number of hydrogen-bond donors (Lipinski definition) is 1. The number of carbonyl (C=O) groups excluding carboxylic acids is 3. The van der Waals surface area contributed by atoms with Crippen molar-refractivity contribution in [2.75, 3.05) is 45.2 Å². The van der Waals surface area contributed by atoms with Gasteiger partial charge in [-0.05, 0) is 30.3 Å². The summed E-state index contributed by atoms with van der Waals surface area (Å²) in [7, 11) is 1.24. The van der Waals surface area contributed by atoms with Gasteiger partial charge in [0.1, 0.15) is 0 Å². The van der Waals surface area contributed by atoms with Gasteiger partial charge in [0.05, 0.1) is 12.7 Å². The molecular formula is C22H23F2N3O6. The quantitative estimate of drug-likeness (QED) is 0.635. The monoisotopic (exact) mass is 463 g/mol. The van der Waals surface area contributed by atoms with Gasteiger partial charge in [0, 0.05) is 31.9 Å². The first-order chi connectivity index (χ1) is 15.9. The van der Waals surface area contributed by atoms with Crippen LogP contribution < -0.4 is 14.8 Å². The highest BCUT2D eigenvalue weighted by Gasteiger charge is 2.25. The summed E-state index contributed by atoms with van der Waals surface area (Å²) in [5.74, 6) is -1.52. The van der Waals surface area contributed by atoms with E-state index in [1.807, 2.05) is 18.2 Å². The van der Waals surface area contributed by atoms with E-state index < -0.39 is 25.1 Å². The van der Waals surface area contributed by atoms with Crippen molar-refractivity contribution in [1.82, 2.24) is 9.80 Å². The van der Waals surface area contributed by atoms with Crippen LogP contribution in [0, 0.1) is 0 Å². The Labute approximate surface area is 188 Å². The second kappa shape index (κ2) is 11.1. The number of rotatable bonds is 7. The number of benzene rings is 2. The molecule has 0 unspecified atom stereocenters. The van der Waals surface area contributed by atoms with Crippen molar-refractivity contribution in [3.8, 4) is 11.5 Å². The maximum Gasteiger partial charge on any atom is 0.387 e. The second-order valence-electron chi connectivity index (χ2n) is 6.98. The summed E-state index contributed by atoms with van der Waals surface area (Å²) < 4.78 is 39.1. The van der Waals surface area contributed by atoms with Crippen LogP contribution in [-0.4, -0.2) is 74.2 Å². The molecule has 33 heavy (non-hydrogen) atoms. The maximum absolute atomic E-state index is 12.4. The molecule has 1 saturated heterocycles.